The van der Waals surface area contributed by atoms with Crippen LogP contribution in [0.3, 0.4) is 0 Å². The highest BCUT2D eigenvalue weighted by Gasteiger charge is 2.05. The maximum absolute atomic E-state index is 10.7. The second-order valence-corrected chi connectivity index (χ2v) is 3.85. The minimum atomic E-state index is -1.05. The van der Waals surface area contributed by atoms with E-state index in [2.05, 4.69) is 10.3 Å². The minimum Gasteiger partial charge on any atom is -0.478 e. The van der Waals surface area contributed by atoms with Gasteiger partial charge in [0.05, 0.1) is 16.7 Å². The SMILES string of the molecule is N#Cc1ccc(Nc2ccc(C(=O)O)cn2)cc1C#N. The van der Waals surface area contributed by atoms with Crippen LogP contribution in [0.25, 0.3) is 0 Å². The van der Waals surface area contributed by atoms with Gasteiger partial charge in [0, 0.05) is 11.9 Å². The number of hydrogen-bond donors (Lipinski definition) is 2. The number of nitrogens with zero attached hydrogens (tertiary/aromatic N) is 3. The highest BCUT2D eigenvalue weighted by atomic mass is 16.4. The van der Waals surface area contributed by atoms with Gasteiger partial charge in [-0.05, 0) is 30.3 Å². The standard InChI is InChI=1S/C14H8N4O2/c15-6-9-1-3-12(5-11(9)7-16)18-13-4-2-10(8-17-13)14(19)20/h1-5,8H,(H,17,18)(H,19,20). The van der Waals surface area contributed by atoms with E-state index in [1.165, 1.54) is 30.5 Å². The quantitative estimate of drug-likeness (QED) is 0.879. The fraction of sp³-hybridized carbons (Fsp3) is 0. The van der Waals surface area contributed by atoms with Crippen molar-refractivity contribution in [1.82, 2.24) is 4.98 Å². The Morgan fingerprint density at radius 2 is 1.90 bits per heavy atom. The van der Waals surface area contributed by atoms with E-state index in [-0.39, 0.29) is 11.1 Å². The summed E-state index contributed by atoms with van der Waals surface area (Å²) in [5.41, 5.74) is 1.25. The Hall–Kier alpha value is -3.38. The monoisotopic (exact) mass is 264 g/mol. The van der Waals surface area contributed by atoms with Gasteiger partial charge in [-0.2, -0.15) is 10.5 Å². The molecule has 0 atom stereocenters. The van der Waals surface area contributed by atoms with Crippen LogP contribution in [0.4, 0.5) is 11.5 Å². The largest absolute Gasteiger partial charge is 0.478 e. The Morgan fingerprint density at radius 3 is 2.45 bits per heavy atom. The van der Waals surface area contributed by atoms with Crippen LogP contribution in [0, 0.1) is 22.7 Å². The molecule has 0 bridgehead atoms. The number of carbonyl (C=O) groups is 1. The Balaban J connectivity index is 2.24. The molecule has 1 aromatic heterocycles. The second-order valence-electron chi connectivity index (χ2n) is 3.85. The summed E-state index contributed by atoms with van der Waals surface area (Å²) in [5, 5.41) is 29.4. The summed E-state index contributed by atoms with van der Waals surface area (Å²) in [6, 6.07) is 11.5. The zero-order valence-electron chi connectivity index (χ0n) is 10.2. The highest BCUT2D eigenvalue weighted by Crippen LogP contribution is 2.18. The molecule has 2 aromatic rings. The molecule has 0 saturated carbocycles. The van der Waals surface area contributed by atoms with E-state index in [1.807, 2.05) is 12.1 Å². The highest BCUT2D eigenvalue weighted by molar-refractivity contribution is 5.87. The number of aromatic nitrogens is 1. The molecule has 0 amide bonds. The Bertz CT molecular complexity index is 739. The number of aromatic carboxylic acids is 1. The van der Waals surface area contributed by atoms with Gasteiger partial charge in [0.15, 0.2) is 0 Å². The van der Waals surface area contributed by atoms with E-state index in [0.29, 0.717) is 17.1 Å². The summed E-state index contributed by atoms with van der Waals surface area (Å²) in [6.07, 6.45) is 1.24. The summed E-state index contributed by atoms with van der Waals surface area (Å²) >= 11 is 0. The third-order valence-corrected chi connectivity index (χ3v) is 2.54. The van der Waals surface area contributed by atoms with Crippen molar-refractivity contribution >= 4 is 17.5 Å². The Labute approximate surface area is 114 Å². The molecular weight excluding hydrogens is 256 g/mol. The lowest BCUT2D eigenvalue weighted by Gasteiger charge is -2.06. The fourth-order valence-electron chi connectivity index (χ4n) is 1.55. The van der Waals surface area contributed by atoms with Crippen molar-refractivity contribution in [2.45, 2.75) is 0 Å². The van der Waals surface area contributed by atoms with Gasteiger partial charge in [-0.15, -0.1) is 0 Å². The summed E-state index contributed by atoms with van der Waals surface area (Å²) in [5.74, 6) is -0.599. The molecular formula is C14H8N4O2. The third kappa shape index (κ3) is 2.71. The molecule has 6 nitrogen and oxygen atoms in total. The van der Waals surface area contributed by atoms with Gasteiger partial charge in [-0.1, -0.05) is 0 Å². The van der Waals surface area contributed by atoms with Crippen molar-refractivity contribution in [1.29, 1.82) is 10.5 Å². The van der Waals surface area contributed by atoms with E-state index in [1.54, 1.807) is 6.07 Å². The molecule has 1 aromatic carbocycles. The molecule has 20 heavy (non-hydrogen) atoms. The molecule has 6 heteroatoms. The predicted octanol–water partition coefficient (Wildman–Crippen LogP) is 2.27. The Kier molecular flexibility index (Phi) is 3.60. The molecule has 0 saturated heterocycles. The third-order valence-electron chi connectivity index (χ3n) is 2.54. The summed E-state index contributed by atoms with van der Waals surface area (Å²) in [7, 11) is 0. The van der Waals surface area contributed by atoms with Crippen LogP contribution < -0.4 is 5.32 Å². The number of anilines is 2. The van der Waals surface area contributed by atoms with Gasteiger partial charge in [-0.3, -0.25) is 0 Å². The summed E-state index contributed by atoms with van der Waals surface area (Å²) < 4.78 is 0. The van der Waals surface area contributed by atoms with Crippen LogP contribution in [0.1, 0.15) is 21.5 Å². The van der Waals surface area contributed by atoms with Crippen molar-refractivity contribution in [2.75, 3.05) is 5.32 Å². The number of carboxylic acids is 1. The second kappa shape index (κ2) is 5.51. The Morgan fingerprint density at radius 1 is 1.15 bits per heavy atom. The number of pyridine rings is 1. The molecule has 0 fully saturated rings. The van der Waals surface area contributed by atoms with E-state index >= 15 is 0 Å². The van der Waals surface area contributed by atoms with Crippen molar-refractivity contribution in [3.8, 4) is 12.1 Å². The van der Waals surface area contributed by atoms with Crippen LogP contribution in [0.5, 0.6) is 0 Å². The maximum Gasteiger partial charge on any atom is 0.337 e. The van der Waals surface area contributed by atoms with Gasteiger partial charge in [0.1, 0.15) is 18.0 Å². The molecule has 1 heterocycles. The summed E-state index contributed by atoms with van der Waals surface area (Å²) in [6.45, 7) is 0. The van der Waals surface area contributed by atoms with Crippen LogP contribution in [0.15, 0.2) is 36.5 Å². The lowest BCUT2D eigenvalue weighted by molar-refractivity contribution is 0.0696. The molecule has 2 rings (SSSR count). The normalized spacial score (nSPS) is 9.30. The number of nitrogens with one attached hydrogen (secondary N) is 1. The van der Waals surface area contributed by atoms with Crippen LogP contribution >= 0.6 is 0 Å². The smallest absolute Gasteiger partial charge is 0.337 e. The van der Waals surface area contributed by atoms with Crippen molar-refractivity contribution in [3.63, 3.8) is 0 Å². The van der Waals surface area contributed by atoms with Gasteiger partial charge in [0.25, 0.3) is 0 Å². The van der Waals surface area contributed by atoms with Gasteiger partial charge >= 0.3 is 5.97 Å². The van der Waals surface area contributed by atoms with E-state index in [0.717, 1.165) is 0 Å². The number of nitriles is 2. The average molecular weight is 264 g/mol. The minimum absolute atomic E-state index is 0.0908. The first-order chi connectivity index (χ1) is 9.63. The number of benzene rings is 1. The maximum atomic E-state index is 10.7. The molecule has 0 spiro atoms. The first-order valence-electron chi connectivity index (χ1n) is 5.54. The van der Waals surface area contributed by atoms with Crippen LogP contribution in [0.2, 0.25) is 0 Å². The zero-order valence-corrected chi connectivity index (χ0v) is 10.2. The average Bonchev–Trinajstić information content (AvgIpc) is 2.47. The van der Waals surface area contributed by atoms with Crippen molar-refractivity contribution < 1.29 is 9.90 Å². The molecule has 96 valence electrons. The van der Waals surface area contributed by atoms with Crippen molar-refractivity contribution in [2.24, 2.45) is 0 Å². The molecule has 0 radical (unpaired) electrons. The van der Waals surface area contributed by atoms with E-state index in [9.17, 15) is 4.79 Å². The molecule has 0 aliphatic rings. The lowest BCUT2D eigenvalue weighted by Crippen LogP contribution is -1.99. The van der Waals surface area contributed by atoms with Crippen LogP contribution in [-0.4, -0.2) is 16.1 Å². The van der Waals surface area contributed by atoms with Gasteiger partial charge in [0.2, 0.25) is 0 Å². The fourth-order valence-corrected chi connectivity index (χ4v) is 1.55. The van der Waals surface area contributed by atoms with E-state index in [4.69, 9.17) is 15.6 Å². The molecule has 2 N–H and O–H groups in total. The number of rotatable bonds is 3. The van der Waals surface area contributed by atoms with Crippen molar-refractivity contribution in [3.05, 3.63) is 53.2 Å². The van der Waals surface area contributed by atoms with Gasteiger partial charge < -0.3 is 10.4 Å². The van der Waals surface area contributed by atoms with Crippen LogP contribution in [-0.2, 0) is 0 Å². The molecule has 0 unspecified atom stereocenters. The van der Waals surface area contributed by atoms with Gasteiger partial charge in [-0.25, -0.2) is 9.78 Å². The zero-order chi connectivity index (χ0) is 14.5. The lowest BCUT2D eigenvalue weighted by atomic mass is 10.1. The topological polar surface area (TPSA) is 110 Å². The number of carboxylic acid groups (broad SMARTS) is 1. The first kappa shape index (κ1) is 13.1. The molecule has 0 aliphatic carbocycles. The molecule has 0 aliphatic heterocycles. The van der Waals surface area contributed by atoms with E-state index < -0.39 is 5.97 Å². The summed E-state index contributed by atoms with van der Waals surface area (Å²) in [4.78, 5) is 14.7. The first-order valence-corrected chi connectivity index (χ1v) is 5.54. The predicted molar refractivity (Wildman–Crippen MR) is 70.4 cm³/mol. The number of hydrogen-bond acceptors (Lipinski definition) is 5.